The molecule has 0 saturated carbocycles. The number of nitriles is 1. The zero-order valence-electron chi connectivity index (χ0n) is 16.7. The number of carbonyl (C=O) groups is 1. The Kier molecular flexibility index (Phi) is 6.98. The molecule has 0 unspecified atom stereocenters. The summed E-state index contributed by atoms with van der Waals surface area (Å²) < 4.78 is 16.9. The van der Waals surface area contributed by atoms with Gasteiger partial charge < -0.3 is 14.2 Å². The third kappa shape index (κ3) is 4.93. The van der Waals surface area contributed by atoms with Crippen molar-refractivity contribution >= 4 is 12.0 Å². The highest BCUT2D eigenvalue weighted by Gasteiger charge is 2.16. The summed E-state index contributed by atoms with van der Waals surface area (Å²) in [6.45, 7) is 0.330. The van der Waals surface area contributed by atoms with E-state index in [1.165, 1.54) is 13.2 Å². The molecule has 0 spiro atoms. The van der Waals surface area contributed by atoms with Crippen molar-refractivity contribution in [2.75, 3.05) is 27.4 Å². The molecule has 3 aromatic rings. The third-order valence-electron chi connectivity index (χ3n) is 4.29. The molecule has 0 aliphatic carbocycles. The van der Waals surface area contributed by atoms with E-state index in [0.29, 0.717) is 11.3 Å². The summed E-state index contributed by atoms with van der Waals surface area (Å²) >= 11 is 0. The van der Waals surface area contributed by atoms with E-state index < -0.39 is 5.97 Å². The lowest BCUT2D eigenvalue weighted by molar-refractivity contribution is -0.139. The average molecular weight is 403 g/mol. The van der Waals surface area contributed by atoms with Crippen molar-refractivity contribution in [1.82, 2.24) is 9.78 Å². The molecule has 7 heteroatoms. The number of rotatable bonds is 8. The van der Waals surface area contributed by atoms with Crippen molar-refractivity contribution in [3.63, 3.8) is 0 Å². The molecule has 7 nitrogen and oxygen atoms in total. The van der Waals surface area contributed by atoms with Crippen molar-refractivity contribution in [1.29, 1.82) is 5.26 Å². The van der Waals surface area contributed by atoms with Crippen molar-refractivity contribution in [3.05, 3.63) is 71.9 Å². The maximum absolute atomic E-state index is 12.2. The van der Waals surface area contributed by atoms with Gasteiger partial charge in [0, 0.05) is 24.4 Å². The summed E-state index contributed by atoms with van der Waals surface area (Å²) in [4.78, 5) is 12.2. The lowest BCUT2D eigenvalue weighted by Gasteiger charge is -2.04. The fourth-order valence-corrected chi connectivity index (χ4v) is 2.77. The van der Waals surface area contributed by atoms with Crippen LogP contribution in [0.5, 0.6) is 5.75 Å². The molecule has 3 rings (SSSR count). The van der Waals surface area contributed by atoms with Crippen molar-refractivity contribution < 1.29 is 19.0 Å². The SMILES string of the molecule is COCCOC(=O)C(C#N)=Cc1cn(-c2ccccc2)nc1-c1ccc(OC)cc1. The smallest absolute Gasteiger partial charge is 0.348 e. The zero-order valence-corrected chi connectivity index (χ0v) is 16.7. The van der Waals surface area contributed by atoms with Gasteiger partial charge in [0.1, 0.15) is 24.0 Å². The van der Waals surface area contributed by atoms with Gasteiger partial charge in [-0.15, -0.1) is 0 Å². The van der Waals surface area contributed by atoms with Gasteiger partial charge in [0.2, 0.25) is 0 Å². The Hall–Kier alpha value is -3.89. The van der Waals surface area contributed by atoms with Gasteiger partial charge >= 0.3 is 5.97 Å². The third-order valence-corrected chi connectivity index (χ3v) is 4.29. The lowest BCUT2D eigenvalue weighted by Crippen LogP contribution is -2.11. The Morgan fingerprint density at radius 2 is 1.83 bits per heavy atom. The van der Waals surface area contributed by atoms with Gasteiger partial charge in [-0.2, -0.15) is 10.4 Å². The second kappa shape index (κ2) is 10.0. The molecular formula is C23H21N3O4. The lowest BCUT2D eigenvalue weighted by atomic mass is 10.1. The number of hydrogen-bond acceptors (Lipinski definition) is 6. The van der Waals surface area contributed by atoms with E-state index in [-0.39, 0.29) is 18.8 Å². The number of carbonyl (C=O) groups excluding carboxylic acids is 1. The first-order valence-corrected chi connectivity index (χ1v) is 9.23. The van der Waals surface area contributed by atoms with Gasteiger partial charge in [-0.25, -0.2) is 9.48 Å². The standard InChI is InChI=1S/C23H21N3O4/c1-28-12-13-30-23(27)18(15-24)14-19-16-26(20-6-4-3-5-7-20)25-22(19)17-8-10-21(29-2)11-9-17/h3-11,14,16H,12-13H2,1-2H3. The number of aromatic nitrogens is 2. The van der Waals surface area contributed by atoms with E-state index in [1.54, 1.807) is 18.0 Å². The number of methoxy groups -OCH3 is 2. The first-order chi connectivity index (χ1) is 14.7. The molecule has 30 heavy (non-hydrogen) atoms. The van der Waals surface area contributed by atoms with Crippen molar-refractivity contribution in [3.8, 4) is 28.8 Å². The highest BCUT2D eigenvalue weighted by atomic mass is 16.6. The number of nitrogens with zero attached hydrogens (tertiary/aromatic N) is 3. The summed E-state index contributed by atoms with van der Waals surface area (Å²) in [6, 6.07) is 18.9. The number of para-hydroxylation sites is 1. The first kappa shape index (κ1) is 20.8. The predicted octanol–water partition coefficient (Wildman–Crippen LogP) is 3.64. The van der Waals surface area contributed by atoms with Crippen LogP contribution in [0.2, 0.25) is 0 Å². The molecule has 152 valence electrons. The second-order valence-corrected chi connectivity index (χ2v) is 6.24. The van der Waals surface area contributed by atoms with Gasteiger partial charge in [0.05, 0.1) is 25.1 Å². The number of hydrogen-bond donors (Lipinski definition) is 0. The Morgan fingerprint density at radius 1 is 1.10 bits per heavy atom. The predicted molar refractivity (Wildman–Crippen MR) is 112 cm³/mol. The molecule has 0 amide bonds. The summed E-state index contributed by atoms with van der Waals surface area (Å²) in [5, 5.41) is 14.2. The molecule has 0 atom stereocenters. The minimum absolute atomic E-state index is 0.0724. The Balaban J connectivity index is 2.03. The molecule has 0 aliphatic heterocycles. The molecule has 0 saturated heterocycles. The second-order valence-electron chi connectivity index (χ2n) is 6.24. The summed E-state index contributed by atoms with van der Waals surface area (Å²) in [6.07, 6.45) is 3.26. The van der Waals surface area contributed by atoms with Crippen LogP contribution < -0.4 is 4.74 Å². The molecule has 0 radical (unpaired) electrons. The van der Waals surface area contributed by atoms with Crippen LogP contribution in [0.1, 0.15) is 5.56 Å². The van der Waals surface area contributed by atoms with Crippen LogP contribution in [-0.2, 0) is 14.3 Å². The topological polar surface area (TPSA) is 86.4 Å². The summed E-state index contributed by atoms with van der Waals surface area (Å²) in [7, 11) is 3.11. The molecule has 0 fully saturated rings. The molecule has 0 aliphatic rings. The number of ether oxygens (including phenoxy) is 3. The van der Waals surface area contributed by atoms with E-state index in [1.807, 2.05) is 60.7 Å². The van der Waals surface area contributed by atoms with E-state index >= 15 is 0 Å². The van der Waals surface area contributed by atoms with Gasteiger partial charge in [0.15, 0.2) is 0 Å². The molecule has 0 N–H and O–H groups in total. The van der Waals surface area contributed by atoms with E-state index in [2.05, 4.69) is 5.10 Å². The number of benzene rings is 2. The highest BCUT2D eigenvalue weighted by Crippen LogP contribution is 2.27. The summed E-state index contributed by atoms with van der Waals surface area (Å²) in [5.74, 6) is 0.0143. The van der Waals surface area contributed by atoms with Gasteiger partial charge in [-0.1, -0.05) is 18.2 Å². The minimum Gasteiger partial charge on any atom is -0.497 e. The number of esters is 1. The largest absolute Gasteiger partial charge is 0.497 e. The maximum atomic E-state index is 12.2. The van der Waals surface area contributed by atoms with E-state index in [4.69, 9.17) is 14.2 Å². The van der Waals surface area contributed by atoms with Crippen LogP contribution in [0.3, 0.4) is 0 Å². The van der Waals surface area contributed by atoms with Crippen LogP contribution in [0.15, 0.2) is 66.4 Å². The summed E-state index contributed by atoms with van der Waals surface area (Å²) in [5.41, 5.74) is 2.80. The highest BCUT2D eigenvalue weighted by molar-refractivity contribution is 5.98. The van der Waals surface area contributed by atoms with Crippen LogP contribution in [0.4, 0.5) is 0 Å². The van der Waals surface area contributed by atoms with Crippen LogP contribution in [-0.4, -0.2) is 43.2 Å². The molecule has 1 heterocycles. The quantitative estimate of drug-likeness (QED) is 0.247. The minimum atomic E-state index is -0.706. The monoisotopic (exact) mass is 403 g/mol. The van der Waals surface area contributed by atoms with Crippen molar-refractivity contribution in [2.45, 2.75) is 0 Å². The van der Waals surface area contributed by atoms with Crippen LogP contribution in [0, 0.1) is 11.3 Å². The maximum Gasteiger partial charge on any atom is 0.348 e. The molecular weight excluding hydrogens is 382 g/mol. The Labute approximate surface area is 174 Å². The molecule has 2 aromatic carbocycles. The van der Waals surface area contributed by atoms with Gasteiger partial charge in [-0.3, -0.25) is 0 Å². The van der Waals surface area contributed by atoms with Crippen LogP contribution in [0.25, 0.3) is 23.0 Å². The van der Waals surface area contributed by atoms with E-state index in [9.17, 15) is 10.1 Å². The molecule has 0 bridgehead atoms. The van der Waals surface area contributed by atoms with Crippen LogP contribution >= 0.6 is 0 Å². The Morgan fingerprint density at radius 3 is 2.47 bits per heavy atom. The fourth-order valence-electron chi connectivity index (χ4n) is 2.77. The first-order valence-electron chi connectivity index (χ1n) is 9.23. The fraction of sp³-hybridized carbons (Fsp3) is 0.174. The van der Waals surface area contributed by atoms with E-state index in [0.717, 1.165) is 17.0 Å². The normalized spacial score (nSPS) is 11.0. The average Bonchev–Trinajstić information content (AvgIpc) is 3.22. The van der Waals surface area contributed by atoms with Gasteiger partial charge in [0.25, 0.3) is 0 Å². The van der Waals surface area contributed by atoms with Gasteiger partial charge in [-0.05, 0) is 42.5 Å². The molecule has 1 aromatic heterocycles. The van der Waals surface area contributed by atoms with Crippen molar-refractivity contribution in [2.24, 2.45) is 0 Å². The Bertz CT molecular complexity index is 1060. The zero-order chi connectivity index (χ0) is 21.3.